The first-order valence-corrected chi connectivity index (χ1v) is 13.3. The van der Waals surface area contributed by atoms with Crippen LogP contribution in [-0.2, 0) is 11.2 Å². The van der Waals surface area contributed by atoms with Gasteiger partial charge in [-0.05, 0) is 48.7 Å². The molecule has 1 N–H and O–H groups in total. The van der Waals surface area contributed by atoms with E-state index >= 15 is 0 Å². The Morgan fingerprint density at radius 3 is 2.44 bits per heavy atom. The summed E-state index contributed by atoms with van der Waals surface area (Å²) in [5.41, 5.74) is 1.60. The van der Waals surface area contributed by atoms with Gasteiger partial charge in [-0.2, -0.15) is 0 Å². The van der Waals surface area contributed by atoms with E-state index in [4.69, 9.17) is 25.8 Å². The molecule has 0 spiro atoms. The molecule has 0 atom stereocenters. The van der Waals surface area contributed by atoms with Gasteiger partial charge in [-0.25, -0.2) is 0 Å². The maximum Gasteiger partial charge on any atom is 0.234 e. The van der Waals surface area contributed by atoms with Gasteiger partial charge in [0, 0.05) is 17.5 Å². The number of carbonyl (C=O) groups excluding carboxylic acids is 1. The molecule has 1 aliphatic carbocycles. The van der Waals surface area contributed by atoms with Crippen LogP contribution in [-0.4, -0.2) is 47.8 Å². The van der Waals surface area contributed by atoms with Gasteiger partial charge < -0.3 is 24.1 Å². The Kier molecular flexibility index (Phi) is 8.98. The van der Waals surface area contributed by atoms with Crippen LogP contribution in [0.1, 0.15) is 49.5 Å². The van der Waals surface area contributed by atoms with Crippen molar-refractivity contribution in [3.05, 3.63) is 52.8 Å². The first-order valence-electron chi connectivity index (χ1n) is 11.9. The lowest BCUT2D eigenvalue weighted by atomic mass is 9.95. The molecule has 4 rings (SSSR count). The van der Waals surface area contributed by atoms with Crippen LogP contribution < -0.4 is 19.5 Å². The maximum atomic E-state index is 12.8. The van der Waals surface area contributed by atoms with E-state index in [0.717, 1.165) is 29.4 Å². The van der Waals surface area contributed by atoms with Crippen molar-refractivity contribution < 1.29 is 19.0 Å². The summed E-state index contributed by atoms with van der Waals surface area (Å²) in [6, 6.07) is 11.3. The van der Waals surface area contributed by atoms with Crippen LogP contribution in [0.15, 0.2) is 41.6 Å². The Hall–Kier alpha value is -2.91. The maximum absolute atomic E-state index is 12.8. The molecule has 1 aromatic heterocycles. The van der Waals surface area contributed by atoms with Gasteiger partial charge in [0.05, 0.1) is 32.8 Å². The molecule has 0 bridgehead atoms. The number of aromatic nitrogens is 3. The third kappa shape index (κ3) is 6.25. The SMILES string of the molecule is COc1ccc(Cl)cc1NC(=O)CSc1nnc(Cc2ccc(OC)c(OC)c2)n1C1CCCCC1. The van der Waals surface area contributed by atoms with Gasteiger partial charge in [-0.1, -0.05) is 48.7 Å². The van der Waals surface area contributed by atoms with Crippen LogP contribution in [0.2, 0.25) is 5.02 Å². The zero-order valence-electron chi connectivity index (χ0n) is 20.8. The number of hydrogen-bond donors (Lipinski definition) is 1. The number of nitrogens with one attached hydrogen (secondary N) is 1. The molecule has 1 aliphatic rings. The van der Waals surface area contributed by atoms with Crippen LogP contribution in [0.4, 0.5) is 5.69 Å². The summed E-state index contributed by atoms with van der Waals surface area (Å²) in [6.07, 6.45) is 6.37. The molecule has 1 fully saturated rings. The Morgan fingerprint density at radius 1 is 1.00 bits per heavy atom. The number of nitrogens with zero attached hydrogens (tertiary/aromatic N) is 3. The van der Waals surface area contributed by atoms with E-state index < -0.39 is 0 Å². The highest BCUT2D eigenvalue weighted by Gasteiger charge is 2.24. The van der Waals surface area contributed by atoms with E-state index in [1.54, 1.807) is 39.5 Å². The minimum atomic E-state index is -0.166. The fraction of sp³-hybridized carbons (Fsp3) is 0.423. The average molecular weight is 531 g/mol. The van der Waals surface area contributed by atoms with Gasteiger partial charge in [0.25, 0.3) is 0 Å². The Balaban J connectivity index is 1.52. The summed E-state index contributed by atoms with van der Waals surface area (Å²) in [4.78, 5) is 12.8. The average Bonchev–Trinajstić information content (AvgIpc) is 3.30. The number of hydrogen-bond acceptors (Lipinski definition) is 7. The Bertz CT molecular complexity index is 1200. The lowest BCUT2D eigenvalue weighted by Crippen LogP contribution is -2.18. The van der Waals surface area contributed by atoms with Crippen LogP contribution in [0.5, 0.6) is 17.2 Å². The van der Waals surface area contributed by atoms with E-state index in [1.807, 2.05) is 18.2 Å². The predicted octanol–water partition coefficient (Wildman–Crippen LogP) is 5.78. The van der Waals surface area contributed by atoms with E-state index in [2.05, 4.69) is 20.1 Å². The molecule has 8 nitrogen and oxygen atoms in total. The van der Waals surface area contributed by atoms with E-state index in [9.17, 15) is 4.79 Å². The third-order valence-electron chi connectivity index (χ3n) is 6.25. The number of benzene rings is 2. The summed E-state index contributed by atoms with van der Waals surface area (Å²) in [7, 11) is 4.81. The fourth-order valence-electron chi connectivity index (χ4n) is 4.50. The lowest BCUT2D eigenvalue weighted by molar-refractivity contribution is -0.113. The van der Waals surface area contributed by atoms with Crippen molar-refractivity contribution in [2.24, 2.45) is 0 Å². The second-order valence-electron chi connectivity index (χ2n) is 8.61. The van der Waals surface area contributed by atoms with Crippen LogP contribution in [0.3, 0.4) is 0 Å². The van der Waals surface area contributed by atoms with Crippen molar-refractivity contribution in [1.82, 2.24) is 14.8 Å². The molecule has 10 heteroatoms. The van der Waals surface area contributed by atoms with Crippen LogP contribution in [0.25, 0.3) is 0 Å². The monoisotopic (exact) mass is 530 g/mol. The highest BCUT2D eigenvalue weighted by atomic mass is 35.5. The van der Waals surface area contributed by atoms with E-state index in [1.165, 1.54) is 31.0 Å². The Morgan fingerprint density at radius 2 is 1.72 bits per heavy atom. The van der Waals surface area contributed by atoms with Gasteiger partial charge in [0.2, 0.25) is 5.91 Å². The third-order valence-corrected chi connectivity index (χ3v) is 7.43. The molecule has 192 valence electrons. The van der Waals surface area contributed by atoms with Gasteiger partial charge in [0.1, 0.15) is 11.6 Å². The first-order chi connectivity index (χ1) is 17.5. The zero-order chi connectivity index (χ0) is 25.5. The second kappa shape index (κ2) is 12.4. The number of thioether (sulfide) groups is 1. The topological polar surface area (TPSA) is 87.5 Å². The van der Waals surface area contributed by atoms with Crippen molar-refractivity contribution in [3.63, 3.8) is 0 Å². The molecule has 2 aromatic carbocycles. The highest BCUT2D eigenvalue weighted by Crippen LogP contribution is 2.35. The summed E-state index contributed by atoms with van der Waals surface area (Å²) >= 11 is 7.48. The minimum absolute atomic E-state index is 0.166. The number of halogens is 1. The van der Waals surface area contributed by atoms with Crippen LogP contribution in [0, 0.1) is 0 Å². The summed E-state index contributed by atoms with van der Waals surface area (Å²) < 4.78 is 18.4. The molecule has 1 heterocycles. The molecule has 0 saturated heterocycles. The Labute approximate surface area is 220 Å². The summed E-state index contributed by atoms with van der Waals surface area (Å²) in [6.45, 7) is 0. The van der Waals surface area contributed by atoms with Crippen molar-refractivity contribution in [1.29, 1.82) is 0 Å². The van der Waals surface area contributed by atoms with Gasteiger partial charge in [-0.15, -0.1) is 10.2 Å². The normalized spacial score (nSPS) is 13.9. The zero-order valence-corrected chi connectivity index (χ0v) is 22.3. The first kappa shape index (κ1) is 26.2. The minimum Gasteiger partial charge on any atom is -0.495 e. The van der Waals surface area contributed by atoms with Crippen LogP contribution >= 0.6 is 23.4 Å². The molecular weight excluding hydrogens is 500 g/mol. The fourth-order valence-corrected chi connectivity index (χ4v) is 5.50. The molecule has 1 saturated carbocycles. The molecule has 3 aromatic rings. The largest absolute Gasteiger partial charge is 0.495 e. The molecular formula is C26H31ClN4O4S. The van der Waals surface area contributed by atoms with Gasteiger partial charge in [0.15, 0.2) is 16.7 Å². The van der Waals surface area contributed by atoms with Gasteiger partial charge in [-0.3, -0.25) is 4.79 Å². The van der Waals surface area contributed by atoms with Gasteiger partial charge >= 0.3 is 0 Å². The highest BCUT2D eigenvalue weighted by molar-refractivity contribution is 7.99. The number of amides is 1. The molecule has 36 heavy (non-hydrogen) atoms. The van der Waals surface area contributed by atoms with Crippen molar-refractivity contribution in [2.75, 3.05) is 32.4 Å². The molecule has 0 aliphatic heterocycles. The van der Waals surface area contributed by atoms with Crippen molar-refractivity contribution in [2.45, 2.75) is 49.7 Å². The van der Waals surface area contributed by atoms with Crippen molar-refractivity contribution in [3.8, 4) is 17.2 Å². The van der Waals surface area contributed by atoms with E-state index in [0.29, 0.717) is 40.4 Å². The standard InChI is InChI=1S/C26H31ClN4O4S/c1-33-21-12-10-18(27)15-20(21)28-25(32)16-36-26-30-29-24(31(26)19-7-5-4-6-8-19)14-17-9-11-22(34-2)23(13-17)35-3/h9-13,15,19H,4-8,14,16H2,1-3H3,(H,28,32). The molecule has 0 radical (unpaired) electrons. The number of rotatable bonds is 10. The lowest BCUT2D eigenvalue weighted by Gasteiger charge is -2.25. The number of ether oxygens (including phenoxy) is 3. The number of anilines is 1. The van der Waals surface area contributed by atoms with Crippen molar-refractivity contribution >= 4 is 35.0 Å². The summed E-state index contributed by atoms with van der Waals surface area (Å²) in [5, 5.41) is 13.2. The van der Waals surface area contributed by atoms with E-state index in [-0.39, 0.29) is 11.7 Å². The predicted molar refractivity (Wildman–Crippen MR) is 142 cm³/mol. The molecule has 0 unspecified atom stereocenters. The second-order valence-corrected chi connectivity index (χ2v) is 9.99. The quantitative estimate of drug-likeness (QED) is 0.332. The smallest absolute Gasteiger partial charge is 0.234 e. The number of methoxy groups -OCH3 is 3. The molecule has 1 amide bonds. The summed E-state index contributed by atoms with van der Waals surface area (Å²) in [5.74, 6) is 2.83. The number of carbonyl (C=O) groups is 1.